The van der Waals surface area contributed by atoms with Crippen LogP contribution in [0.1, 0.15) is 48.2 Å². The molecule has 2 N–H and O–H groups in total. The first-order valence-electron chi connectivity index (χ1n) is 9.70. The summed E-state index contributed by atoms with van der Waals surface area (Å²) in [5.74, 6) is -0.616. The van der Waals surface area contributed by atoms with E-state index in [0.717, 1.165) is 11.8 Å². The summed E-state index contributed by atoms with van der Waals surface area (Å²) in [6.07, 6.45) is 0.641. The highest BCUT2D eigenvalue weighted by Crippen LogP contribution is 2.17. The van der Waals surface area contributed by atoms with Gasteiger partial charge in [0.05, 0.1) is 11.8 Å². The molecule has 8 heteroatoms. The highest BCUT2D eigenvalue weighted by atomic mass is 32.2. The van der Waals surface area contributed by atoms with Crippen LogP contribution >= 0.6 is 0 Å². The minimum atomic E-state index is -3.23. The molecule has 0 heterocycles. The summed E-state index contributed by atoms with van der Waals surface area (Å²) in [4.78, 5) is 24.6. The lowest BCUT2D eigenvalue weighted by atomic mass is 10.0. The Hall–Kier alpha value is -2.71. The molecule has 2 rings (SSSR count). The molecular weight excluding hydrogens is 404 g/mol. The van der Waals surface area contributed by atoms with Crippen LogP contribution in [0.5, 0.6) is 0 Å². The molecule has 0 bridgehead atoms. The Kier molecular flexibility index (Phi) is 8.14. The topological polar surface area (TPSA) is 102 Å². The third-order valence-corrected chi connectivity index (χ3v) is 5.19. The first kappa shape index (κ1) is 23.6. The molecule has 2 aromatic carbocycles. The average Bonchev–Trinajstić information content (AvgIpc) is 2.67. The summed E-state index contributed by atoms with van der Waals surface area (Å²) >= 11 is 0. The van der Waals surface area contributed by atoms with Gasteiger partial charge in [-0.2, -0.15) is 0 Å². The van der Waals surface area contributed by atoms with Crippen molar-refractivity contribution in [2.24, 2.45) is 0 Å². The van der Waals surface area contributed by atoms with Gasteiger partial charge >= 0.3 is 5.97 Å². The van der Waals surface area contributed by atoms with Gasteiger partial charge in [0.15, 0.2) is 6.10 Å². The minimum absolute atomic E-state index is 0.276. The van der Waals surface area contributed by atoms with Crippen LogP contribution in [0.15, 0.2) is 48.5 Å². The highest BCUT2D eigenvalue weighted by molar-refractivity contribution is 7.88. The van der Waals surface area contributed by atoms with Crippen molar-refractivity contribution in [2.45, 2.75) is 39.2 Å². The number of hydrogen-bond donors (Lipinski definition) is 2. The van der Waals surface area contributed by atoms with Gasteiger partial charge in [-0.3, -0.25) is 4.79 Å². The Morgan fingerprint density at radius 3 is 2.10 bits per heavy atom. The second-order valence-electron chi connectivity index (χ2n) is 7.43. The summed E-state index contributed by atoms with van der Waals surface area (Å²) in [5.41, 5.74) is 3.00. The maximum Gasteiger partial charge on any atom is 0.338 e. The van der Waals surface area contributed by atoms with Crippen molar-refractivity contribution in [2.75, 3.05) is 18.1 Å². The van der Waals surface area contributed by atoms with E-state index in [1.54, 1.807) is 24.3 Å². The Morgan fingerprint density at radius 2 is 1.57 bits per heavy atom. The van der Waals surface area contributed by atoms with Gasteiger partial charge in [-0.15, -0.1) is 0 Å². The number of anilines is 1. The van der Waals surface area contributed by atoms with Crippen molar-refractivity contribution in [3.63, 3.8) is 0 Å². The van der Waals surface area contributed by atoms with Crippen LogP contribution in [0.25, 0.3) is 0 Å². The largest absolute Gasteiger partial charge is 0.449 e. The van der Waals surface area contributed by atoms with E-state index in [1.165, 1.54) is 12.5 Å². The number of nitrogens with one attached hydrogen (secondary N) is 2. The predicted octanol–water partition coefficient (Wildman–Crippen LogP) is 3.09. The number of carbonyl (C=O) groups excluding carboxylic acids is 2. The third kappa shape index (κ3) is 7.61. The summed E-state index contributed by atoms with van der Waals surface area (Å²) < 4.78 is 29.8. The van der Waals surface area contributed by atoms with Crippen molar-refractivity contribution >= 4 is 27.6 Å². The molecule has 0 aromatic heterocycles. The second kappa shape index (κ2) is 10.4. The van der Waals surface area contributed by atoms with E-state index >= 15 is 0 Å². The molecule has 0 radical (unpaired) electrons. The van der Waals surface area contributed by atoms with Crippen LogP contribution in [0.3, 0.4) is 0 Å². The van der Waals surface area contributed by atoms with Gasteiger partial charge in [0.25, 0.3) is 5.91 Å². The molecule has 162 valence electrons. The van der Waals surface area contributed by atoms with Crippen LogP contribution in [-0.4, -0.2) is 39.2 Å². The number of amides is 1. The highest BCUT2D eigenvalue weighted by Gasteiger charge is 2.19. The van der Waals surface area contributed by atoms with Gasteiger partial charge in [0.2, 0.25) is 10.0 Å². The van der Waals surface area contributed by atoms with Gasteiger partial charge in [0.1, 0.15) is 0 Å². The Morgan fingerprint density at radius 1 is 0.967 bits per heavy atom. The van der Waals surface area contributed by atoms with Crippen molar-refractivity contribution in [1.82, 2.24) is 4.72 Å². The molecule has 0 spiro atoms. The van der Waals surface area contributed by atoms with Gasteiger partial charge in [-0.05, 0) is 54.7 Å². The second-order valence-corrected chi connectivity index (χ2v) is 9.26. The summed E-state index contributed by atoms with van der Waals surface area (Å²) in [6.45, 7) is 5.97. The van der Waals surface area contributed by atoms with E-state index in [-0.39, 0.29) is 6.54 Å². The number of ether oxygens (including phenoxy) is 1. The standard InChI is InChI=1S/C22H28N2O5S/c1-15(2)18-9-11-20(12-10-18)24-21(25)16(3)29-22(26)19-7-5-17(6-8-19)13-14-23-30(4,27)28/h5-12,15-16,23H,13-14H2,1-4H3,(H,24,25). The molecule has 0 aliphatic carbocycles. The quantitative estimate of drug-likeness (QED) is 0.593. The molecule has 0 saturated carbocycles. The SMILES string of the molecule is CC(OC(=O)c1ccc(CCNS(C)(=O)=O)cc1)C(=O)Nc1ccc(C(C)C)cc1. The van der Waals surface area contributed by atoms with Crippen LogP contribution in [0, 0.1) is 0 Å². The molecular formula is C22H28N2O5S. The number of esters is 1. The summed E-state index contributed by atoms with van der Waals surface area (Å²) in [6, 6.07) is 14.2. The maximum absolute atomic E-state index is 12.3. The average molecular weight is 433 g/mol. The monoisotopic (exact) mass is 432 g/mol. The minimum Gasteiger partial charge on any atom is -0.449 e. The van der Waals surface area contributed by atoms with E-state index in [2.05, 4.69) is 23.9 Å². The molecule has 30 heavy (non-hydrogen) atoms. The molecule has 1 amide bonds. The molecule has 2 aromatic rings. The number of sulfonamides is 1. The van der Waals surface area contributed by atoms with Crippen LogP contribution in [-0.2, 0) is 26.0 Å². The van der Waals surface area contributed by atoms with E-state index in [0.29, 0.717) is 23.6 Å². The van der Waals surface area contributed by atoms with Gasteiger partial charge < -0.3 is 10.1 Å². The fraction of sp³-hybridized carbons (Fsp3) is 0.364. The van der Waals surface area contributed by atoms with E-state index in [4.69, 9.17) is 4.74 Å². The number of benzene rings is 2. The van der Waals surface area contributed by atoms with Crippen LogP contribution in [0.2, 0.25) is 0 Å². The zero-order valence-corrected chi connectivity index (χ0v) is 18.5. The van der Waals surface area contributed by atoms with Crippen LogP contribution < -0.4 is 10.0 Å². The lowest BCUT2D eigenvalue weighted by molar-refractivity contribution is -0.123. The lowest BCUT2D eigenvalue weighted by Gasteiger charge is -2.14. The van der Waals surface area contributed by atoms with Crippen molar-refractivity contribution < 1.29 is 22.7 Å². The van der Waals surface area contributed by atoms with Crippen molar-refractivity contribution in [1.29, 1.82) is 0 Å². The lowest BCUT2D eigenvalue weighted by Crippen LogP contribution is -2.30. The molecule has 0 aliphatic heterocycles. The van der Waals surface area contributed by atoms with Gasteiger partial charge in [0, 0.05) is 12.2 Å². The molecule has 0 saturated heterocycles. The molecule has 1 unspecified atom stereocenters. The Labute approximate surface area is 177 Å². The zero-order chi connectivity index (χ0) is 22.3. The normalized spacial score (nSPS) is 12.4. The van der Waals surface area contributed by atoms with Gasteiger partial charge in [-0.25, -0.2) is 17.9 Å². The first-order chi connectivity index (χ1) is 14.0. The fourth-order valence-electron chi connectivity index (χ4n) is 2.67. The van der Waals surface area contributed by atoms with E-state index in [9.17, 15) is 18.0 Å². The molecule has 0 fully saturated rings. The molecule has 7 nitrogen and oxygen atoms in total. The maximum atomic E-state index is 12.3. The smallest absolute Gasteiger partial charge is 0.338 e. The number of rotatable bonds is 9. The fourth-order valence-corrected chi connectivity index (χ4v) is 3.14. The zero-order valence-electron chi connectivity index (χ0n) is 17.6. The van der Waals surface area contributed by atoms with E-state index < -0.39 is 28.0 Å². The van der Waals surface area contributed by atoms with Crippen molar-refractivity contribution in [3.05, 3.63) is 65.2 Å². The van der Waals surface area contributed by atoms with Gasteiger partial charge in [-0.1, -0.05) is 38.1 Å². The first-order valence-corrected chi connectivity index (χ1v) is 11.6. The number of hydrogen-bond acceptors (Lipinski definition) is 5. The molecule has 1 atom stereocenters. The Bertz CT molecular complexity index is 968. The Balaban J connectivity index is 1.87. The third-order valence-electron chi connectivity index (χ3n) is 4.47. The van der Waals surface area contributed by atoms with Crippen molar-refractivity contribution in [3.8, 4) is 0 Å². The van der Waals surface area contributed by atoms with E-state index in [1.807, 2.05) is 24.3 Å². The van der Waals surface area contributed by atoms with Crippen LogP contribution in [0.4, 0.5) is 5.69 Å². The predicted molar refractivity (Wildman–Crippen MR) is 117 cm³/mol. The summed E-state index contributed by atoms with van der Waals surface area (Å²) in [5, 5.41) is 2.74. The number of carbonyl (C=O) groups is 2. The summed E-state index contributed by atoms with van der Waals surface area (Å²) in [7, 11) is -3.23. The molecule has 0 aliphatic rings.